The van der Waals surface area contributed by atoms with E-state index in [2.05, 4.69) is 10.0 Å². The maximum Gasteiger partial charge on any atom is 0.212 e. The molecule has 1 aromatic rings. The first kappa shape index (κ1) is 16.9. The van der Waals surface area contributed by atoms with Crippen LogP contribution in [0.25, 0.3) is 0 Å². The summed E-state index contributed by atoms with van der Waals surface area (Å²) < 4.78 is 31.1. The van der Waals surface area contributed by atoms with Crippen LogP contribution < -0.4 is 14.8 Å². The molecule has 20 heavy (non-hydrogen) atoms. The first-order valence-corrected chi connectivity index (χ1v) is 8.42. The van der Waals surface area contributed by atoms with Crippen molar-refractivity contribution in [1.29, 1.82) is 0 Å². The third kappa shape index (κ3) is 6.88. The normalized spacial score (nSPS) is 11.8. The summed E-state index contributed by atoms with van der Waals surface area (Å²) in [5.41, 5.74) is 1.08. The quantitative estimate of drug-likeness (QED) is 0.718. The van der Waals surface area contributed by atoms with Crippen LogP contribution >= 0.6 is 0 Å². The molecule has 0 saturated carbocycles. The van der Waals surface area contributed by atoms with Crippen molar-refractivity contribution in [2.24, 2.45) is 0 Å². The number of benzene rings is 1. The predicted molar refractivity (Wildman–Crippen MR) is 81.6 cm³/mol. The van der Waals surface area contributed by atoms with Gasteiger partial charge in [0, 0.05) is 19.1 Å². The third-order valence-electron chi connectivity index (χ3n) is 2.82. The van der Waals surface area contributed by atoms with Crippen molar-refractivity contribution in [3.05, 3.63) is 29.8 Å². The van der Waals surface area contributed by atoms with Crippen LogP contribution in [0.5, 0.6) is 5.75 Å². The van der Waals surface area contributed by atoms with Crippen LogP contribution in [0.3, 0.4) is 0 Å². The highest BCUT2D eigenvalue weighted by Crippen LogP contribution is 2.11. The molecule has 0 amide bonds. The Kier molecular flexibility index (Phi) is 6.98. The van der Waals surface area contributed by atoms with Crippen molar-refractivity contribution in [3.8, 4) is 5.75 Å². The van der Waals surface area contributed by atoms with Crippen molar-refractivity contribution in [1.82, 2.24) is 10.0 Å². The van der Waals surface area contributed by atoms with E-state index in [1.807, 2.05) is 38.1 Å². The van der Waals surface area contributed by atoms with Gasteiger partial charge in [-0.2, -0.15) is 0 Å². The highest BCUT2D eigenvalue weighted by Gasteiger charge is 2.09. The zero-order valence-corrected chi connectivity index (χ0v) is 13.2. The van der Waals surface area contributed by atoms with E-state index in [-0.39, 0.29) is 5.75 Å². The Balaban J connectivity index is 2.31. The number of hydrogen-bond donors (Lipinski definition) is 2. The molecule has 0 spiro atoms. The van der Waals surface area contributed by atoms with Crippen LogP contribution in [0.1, 0.15) is 19.4 Å². The highest BCUT2D eigenvalue weighted by atomic mass is 32.2. The van der Waals surface area contributed by atoms with E-state index in [1.54, 1.807) is 7.11 Å². The summed E-state index contributed by atoms with van der Waals surface area (Å²) in [5.74, 6) is 0.905. The smallest absolute Gasteiger partial charge is 0.212 e. The van der Waals surface area contributed by atoms with Gasteiger partial charge in [0.1, 0.15) is 5.75 Å². The molecule has 0 fully saturated rings. The van der Waals surface area contributed by atoms with Crippen molar-refractivity contribution in [2.45, 2.75) is 26.3 Å². The van der Waals surface area contributed by atoms with E-state index >= 15 is 0 Å². The summed E-state index contributed by atoms with van der Waals surface area (Å²) >= 11 is 0. The second-order valence-corrected chi connectivity index (χ2v) is 6.85. The molecule has 0 unspecified atom stereocenters. The largest absolute Gasteiger partial charge is 0.497 e. The fourth-order valence-corrected chi connectivity index (χ4v) is 2.64. The van der Waals surface area contributed by atoms with Crippen molar-refractivity contribution in [3.63, 3.8) is 0 Å². The minimum Gasteiger partial charge on any atom is -0.497 e. The van der Waals surface area contributed by atoms with Gasteiger partial charge >= 0.3 is 0 Å². The van der Waals surface area contributed by atoms with Crippen LogP contribution in [0, 0.1) is 0 Å². The molecule has 5 nitrogen and oxygen atoms in total. The third-order valence-corrected chi connectivity index (χ3v) is 4.20. The van der Waals surface area contributed by atoms with Gasteiger partial charge in [0.15, 0.2) is 0 Å². The monoisotopic (exact) mass is 300 g/mol. The van der Waals surface area contributed by atoms with E-state index in [1.165, 1.54) is 0 Å². The van der Waals surface area contributed by atoms with Crippen LogP contribution in [0.4, 0.5) is 0 Å². The lowest BCUT2D eigenvalue weighted by molar-refractivity contribution is 0.414. The Bertz CT molecular complexity index is 484. The van der Waals surface area contributed by atoms with Crippen LogP contribution in [-0.2, 0) is 16.4 Å². The fraction of sp³-hybridized carbons (Fsp3) is 0.571. The molecule has 0 aliphatic carbocycles. The molecule has 0 atom stereocenters. The highest BCUT2D eigenvalue weighted by molar-refractivity contribution is 7.89. The standard InChI is InChI=1S/C14H24N2O3S/c1-12(2)15-10-11-20(17,18)16-9-8-13-4-6-14(19-3)7-5-13/h4-7,12,15-16H,8-11H2,1-3H3. The number of methoxy groups -OCH3 is 1. The van der Waals surface area contributed by atoms with Gasteiger partial charge in [0.25, 0.3) is 0 Å². The van der Waals surface area contributed by atoms with Crippen molar-refractivity contribution >= 4 is 10.0 Å². The minimum absolute atomic E-state index is 0.105. The molecule has 0 aliphatic heterocycles. The molecule has 0 saturated heterocycles. The Morgan fingerprint density at radius 2 is 1.80 bits per heavy atom. The molecule has 6 heteroatoms. The maximum atomic E-state index is 11.7. The molecule has 0 bridgehead atoms. The molecule has 0 aliphatic rings. The zero-order chi connectivity index (χ0) is 15.0. The molecule has 114 valence electrons. The molecule has 2 N–H and O–H groups in total. The second kappa shape index (κ2) is 8.24. The van der Waals surface area contributed by atoms with E-state index in [4.69, 9.17) is 4.74 Å². The van der Waals surface area contributed by atoms with Crippen LogP contribution in [-0.4, -0.2) is 40.4 Å². The van der Waals surface area contributed by atoms with E-state index < -0.39 is 10.0 Å². The van der Waals surface area contributed by atoms with Gasteiger partial charge < -0.3 is 10.1 Å². The SMILES string of the molecule is COc1ccc(CCNS(=O)(=O)CCNC(C)C)cc1. The number of ether oxygens (including phenoxy) is 1. The molecular formula is C14H24N2O3S. The minimum atomic E-state index is -3.20. The van der Waals surface area contributed by atoms with Crippen LogP contribution in [0.15, 0.2) is 24.3 Å². The summed E-state index contributed by atoms with van der Waals surface area (Å²) in [4.78, 5) is 0. The number of rotatable bonds is 9. The first-order chi connectivity index (χ1) is 9.43. The summed E-state index contributed by atoms with van der Waals surface area (Å²) in [7, 11) is -1.58. The summed E-state index contributed by atoms with van der Waals surface area (Å²) in [6.07, 6.45) is 0.667. The van der Waals surface area contributed by atoms with Gasteiger partial charge in [-0.1, -0.05) is 26.0 Å². The summed E-state index contributed by atoms with van der Waals surface area (Å²) in [6, 6.07) is 7.91. The number of sulfonamides is 1. The van der Waals surface area contributed by atoms with Gasteiger partial charge in [-0.05, 0) is 24.1 Å². The molecule has 0 aromatic heterocycles. The summed E-state index contributed by atoms with van der Waals surface area (Å²) in [6.45, 7) is 4.86. The predicted octanol–water partition coefficient (Wildman–Crippen LogP) is 1.16. The van der Waals surface area contributed by atoms with Gasteiger partial charge in [-0.15, -0.1) is 0 Å². The van der Waals surface area contributed by atoms with E-state index in [0.29, 0.717) is 25.6 Å². The maximum absolute atomic E-state index is 11.7. The summed E-state index contributed by atoms with van der Waals surface area (Å²) in [5, 5.41) is 3.09. The topological polar surface area (TPSA) is 67.4 Å². The lowest BCUT2D eigenvalue weighted by Crippen LogP contribution is -2.35. The lowest BCUT2D eigenvalue weighted by atomic mass is 10.1. The zero-order valence-electron chi connectivity index (χ0n) is 12.3. The Hall–Kier alpha value is -1.11. The van der Waals surface area contributed by atoms with Gasteiger partial charge in [0.05, 0.1) is 12.9 Å². The van der Waals surface area contributed by atoms with Gasteiger partial charge in [0.2, 0.25) is 10.0 Å². The van der Waals surface area contributed by atoms with Gasteiger partial charge in [-0.3, -0.25) is 0 Å². The number of hydrogen-bond acceptors (Lipinski definition) is 4. The second-order valence-electron chi connectivity index (χ2n) is 4.92. The average molecular weight is 300 g/mol. The lowest BCUT2D eigenvalue weighted by Gasteiger charge is -2.10. The fourth-order valence-electron chi connectivity index (χ4n) is 1.70. The molecule has 1 aromatic carbocycles. The Morgan fingerprint density at radius 3 is 2.35 bits per heavy atom. The van der Waals surface area contributed by atoms with Gasteiger partial charge in [-0.25, -0.2) is 13.1 Å². The average Bonchev–Trinajstić information content (AvgIpc) is 2.38. The van der Waals surface area contributed by atoms with E-state index in [0.717, 1.165) is 11.3 Å². The first-order valence-electron chi connectivity index (χ1n) is 6.76. The van der Waals surface area contributed by atoms with Crippen molar-refractivity contribution in [2.75, 3.05) is 26.0 Å². The Morgan fingerprint density at radius 1 is 1.15 bits per heavy atom. The molecule has 0 radical (unpaired) electrons. The van der Waals surface area contributed by atoms with E-state index in [9.17, 15) is 8.42 Å². The molecule has 1 rings (SSSR count). The number of nitrogens with one attached hydrogen (secondary N) is 2. The molecule has 0 heterocycles. The Labute approximate surface area is 121 Å². The van der Waals surface area contributed by atoms with Crippen LogP contribution in [0.2, 0.25) is 0 Å². The molecular weight excluding hydrogens is 276 g/mol. The van der Waals surface area contributed by atoms with Crippen molar-refractivity contribution < 1.29 is 13.2 Å².